The van der Waals surface area contributed by atoms with Crippen molar-refractivity contribution >= 4 is 23.4 Å². The normalized spacial score (nSPS) is 25.8. The van der Waals surface area contributed by atoms with Gasteiger partial charge in [-0.05, 0) is 37.1 Å². The lowest BCUT2D eigenvalue weighted by Crippen LogP contribution is -2.32. The van der Waals surface area contributed by atoms with E-state index in [2.05, 4.69) is 12.1 Å². The average molecular weight is 326 g/mol. The number of hydrogen-bond acceptors (Lipinski definition) is 2. The van der Waals surface area contributed by atoms with Crippen molar-refractivity contribution in [2.24, 2.45) is 5.73 Å². The Morgan fingerprint density at radius 2 is 1.33 bits per heavy atom. The Bertz CT molecular complexity index is 393. The van der Waals surface area contributed by atoms with Gasteiger partial charge in [0.25, 0.3) is 0 Å². The SMILES string of the molecule is NC1CCCCCCCCCCC1Sc1ccc(Cl)cc1. The second kappa shape index (κ2) is 9.76. The van der Waals surface area contributed by atoms with E-state index < -0.39 is 0 Å². The van der Waals surface area contributed by atoms with Crippen molar-refractivity contribution in [3.63, 3.8) is 0 Å². The fourth-order valence-corrected chi connectivity index (χ4v) is 4.38. The van der Waals surface area contributed by atoms with Gasteiger partial charge in [-0.2, -0.15) is 0 Å². The second-order valence-corrected chi connectivity index (χ2v) is 7.93. The molecule has 21 heavy (non-hydrogen) atoms. The standard InChI is InChI=1S/C18H28ClNS/c19-15-11-13-16(14-12-15)21-18-10-8-6-4-2-1-3-5-7-9-17(18)20/h11-14,17-18H,1-10,20H2. The van der Waals surface area contributed by atoms with Crippen LogP contribution in [0, 0.1) is 0 Å². The highest BCUT2D eigenvalue weighted by molar-refractivity contribution is 8.00. The molecule has 2 rings (SSSR count). The molecule has 0 amide bonds. The van der Waals surface area contributed by atoms with Gasteiger partial charge in [0, 0.05) is 21.2 Å². The van der Waals surface area contributed by atoms with E-state index in [9.17, 15) is 0 Å². The fraction of sp³-hybridized carbons (Fsp3) is 0.667. The second-order valence-electron chi connectivity index (χ2n) is 6.18. The van der Waals surface area contributed by atoms with Crippen molar-refractivity contribution in [1.29, 1.82) is 0 Å². The lowest BCUT2D eigenvalue weighted by atomic mass is 9.98. The summed E-state index contributed by atoms with van der Waals surface area (Å²) in [6, 6.07) is 8.52. The number of rotatable bonds is 2. The van der Waals surface area contributed by atoms with E-state index in [1.807, 2.05) is 23.9 Å². The third-order valence-corrected chi connectivity index (χ3v) is 6.04. The molecule has 1 aliphatic carbocycles. The van der Waals surface area contributed by atoms with Gasteiger partial charge in [0.2, 0.25) is 0 Å². The largest absolute Gasteiger partial charge is 0.327 e. The average Bonchev–Trinajstić information content (AvgIpc) is 2.48. The number of nitrogens with two attached hydrogens (primary N) is 1. The monoisotopic (exact) mass is 325 g/mol. The van der Waals surface area contributed by atoms with Gasteiger partial charge in [0.15, 0.2) is 0 Å². The summed E-state index contributed by atoms with van der Waals surface area (Å²) in [7, 11) is 0. The van der Waals surface area contributed by atoms with Crippen molar-refractivity contribution in [3.8, 4) is 0 Å². The molecule has 1 fully saturated rings. The first-order valence-corrected chi connectivity index (χ1v) is 9.69. The van der Waals surface area contributed by atoms with Gasteiger partial charge in [-0.3, -0.25) is 0 Å². The molecule has 0 spiro atoms. The predicted molar refractivity (Wildman–Crippen MR) is 95.2 cm³/mol. The molecule has 2 unspecified atom stereocenters. The van der Waals surface area contributed by atoms with Crippen molar-refractivity contribution < 1.29 is 0 Å². The van der Waals surface area contributed by atoms with Gasteiger partial charge in [-0.25, -0.2) is 0 Å². The van der Waals surface area contributed by atoms with Crippen molar-refractivity contribution in [2.75, 3.05) is 0 Å². The highest BCUT2D eigenvalue weighted by Crippen LogP contribution is 2.31. The van der Waals surface area contributed by atoms with Gasteiger partial charge in [0.05, 0.1) is 0 Å². The van der Waals surface area contributed by atoms with E-state index in [0.29, 0.717) is 11.3 Å². The Morgan fingerprint density at radius 3 is 1.95 bits per heavy atom. The van der Waals surface area contributed by atoms with Crippen LogP contribution < -0.4 is 5.73 Å². The molecule has 1 aliphatic rings. The first-order valence-electron chi connectivity index (χ1n) is 8.43. The zero-order valence-electron chi connectivity index (χ0n) is 12.9. The van der Waals surface area contributed by atoms with Crippen molar-refractivity contribution in [1.82, 2.24) is 0 Å². The minimum Gasteiger partial charge on any atom is -0.327 e. The molecular formula is C18H28ClNS. The Morgan fingerprint density at radius 1 is 0.810 bits per heavy atom. The lowest BCUT2D eigenvalue weighted by molar-refractivity contribution is 0.473. The van der Waals surface area contributed by atoms with Crippen LogP contribution in [-0.4, -0.2) is 11.3 Å². The van der Waals surface area contributed by atoms with Crippen LogP contribution in [0.15, 0.2) is 29.2 Å². The maximum absolute atomic E-state index is 6.49. The van der Waals surface area contributed by atoms with Crippen LogP contribution in [0.5, 0.6) is 0 Å². The zero-order chi connectivity index (χ0) is 14.9. The van der Waals surface area contributed by atoms with E-state index in [0.717, 1.165) is 5.02 Å². The van der Waals surface area contributed by atoms with E-state index >= 15 is 0 Å². The van der Waals surface area contributed by atoms with Crippen LogP contribution in [0.4, 0.5) is 0 Å². The van der Waals surface area contributed by atoms with Gasteiger partial charge >= 0.3 is 0 Å². The number of halogens is 1. The molecule has 118 valence electrons. The molecule has 2 N–H and O–H groups in total. The molecule has 0 heterocycles. The molecule has 1 aromatic carbocycles. The number of benzene rings is 1. The Labute approximate surface area is 139 Å². The van der Waals surface area contributed by atoms with Crippen LogP contribution in [0.1, 0.15) is 64.2 Å². The summed E-state index contributed by atoms with van der Waals surface area (Å²) < 4.78 is 0. The molecule has 0 aromatic heterocycles. The van der Waals surface area contributed by atoms with Gasteiger partial charge < -0.3 is 5.73 Å². The predicted octanol–water partition coefficient (Wildman–Crippen LogP) is 6.04. The van der Waals surface area contributed by atoms with E-state index in [4.69, 9.17) is 17.3 Å². The lowest BCUT2D eigenvalue weighted by Gasteiger charge is -2.24. The van der Waals surface area contributed by atoms with Crippen LogP contribution >= 0.6 is 23.4 Å². The summed E-state index contributed by atoms with van der Waals surface area (Å²) in [6.07, 6.45) is 13.4. The fourth-order valence-electron chi connectivity index (χ4n) is 3.02. The minimum atomic E-state index is 0.324. The highest BCUT2D eigenvalue weighted by Gasteiger charge is 2.19. The maximum atomic E-state index is 6.49. The smallest absolute Gasteiger partial charge is 0.0406 e. The summed E-state index contributed by atoms with van der Waals surface area (Å²) >= 11 is 7.92. The van der Waals surface area contributed by atoms with E-state index in [1.165, 1.54) is 69.1 Å². The van der Waals surface area contributed by atoms with Gasteiger partial charge in [0.1, 0.15) is 0 Å². The summed E-state index contributed by atoms with van der Waals surface area (Å²) in [5.41, 5.74) is 6.49. The van der Waals surface area contributed by atoms with Crippen LogP contribution in [0.3, 0.4) is 0 Å². The van der Waals surface area contributed by atoms with Crippen molar-refractivity contribution in [3.05, 3.63) is 29.3 Å². The molecule has 1 saturated carbocycles. The summed E-state index contributed by atoms with van der Waals surface area (Å²) in [4.78, 5) is 1.30. The van der Waals surface area contributed by atoms with Crippen LogP contribution in [-0.2, 0) is 0 Å². The molecule has 0 saturated heterocycles. The molecule has 2 atom stereocenters. The molecular weight excluding hydrogens is 298 g/mol. The van der Waals surface area contributed by atoms with Crippen molar-refractivity contribution in [2.45, 2.75) is 80.4 Å². The zero-order valence-corrected chi connectivity index (χ0v) is 14.5. The Balaban J connectivity index is 1.92. The molecule has 0 aliphatic heterocycles. The Kier molecular flexibility index (Phi) is 7.98. The third kappa shape index (κ3) is 6.63. The van der Waals surface area contributed by atoms with Gasteiger partial charge in [-0.1, -0.05) is 63.0 Å². The quantitative estimate of drug-likeness (QED) is 0.717. The van der Waals surface area contributed by atoms with E-state index in [-0.39, 0.29) is 0 Å². The number of hydrogen-bond donors (Lipinski definition) is 1. The van der Waals surface area contributed by atoms with Crippen LogP contribution in [0.25, 0.3) is 0 Å². The first kappa shape index (κ1) is 17.2. The maximum Gasteiger partial charge on any atom is 0.0406 e. The molecule has 1 nitrogen and oxygen atoms in total. The molecule has 3 heteroatoms. The minimum absolute atomic E-state index is 0.324. The number of thioether (sulfide) groups is 1. The van der Waals surface area contributed by atoms with Crippen LogP contribution in [0.2, 0.25) is 5.02 Å². The third-order valence-electron chi connectivity index (χ3n) is 4.35. The summed E-state index contributed by atoms with van der Waals surface area (Å²) in [5, 5.41) is 1.35. The molecule has 1 aromatic rings. The topological polar surface area (TPSA) is 26.0 Å². The highest BCUT2D eigenvalue weighted by atomic mass is 35.5. The van der Waals surface area contributed by atoms with Gasteiger partial charge in [-0.15, -0.1) is 11.8 Å². The van der Waals surface area contributed by atoms with E-state index in [1.54, 1.807) is 0 Å². The summed E-state index contributed by atoms with van der Waals surface area (Å²) in [5.74, 6) is 0. The summed E-state index contributed by atoms with van der Waals surface area (Å²) in [6.45, 7) is 0. The first-order chi connectivity index (χ1) is 10.3. The Hall–Kier alpha value is -0.180. The molecule has 0 bridgehead atoms. The molecule has 0 radical (unpaired) electrons.